The van der Waals surface area contributed by atoms with Gasteiger partial charge in [0.25, 0.3) is 0 Å². The molecule has 0 fully saturated rings. The topological polar surface area (TPSA) is 56.9 Å². The Kier molecular flexibility index (Phi) is 3.77. The summed E-state index contributed by atoms with van der Waals surface area (Å²) in [6.45, 7) is 3.61. The van der Waals surface area contributed by atoms with E-state index in [2.05, 4.69) is 39.9 Å². The maximum Gasteiger partial charge on any atom is 0.304 e. The van der Waals surface area contributed by atoms with Crippen LogP contribution in [0.1, 0.15) is 22.7 Å². The zero-order valence-corrected chi connectivity index (χ0v) is 11.4. The lowest BCUT2D eigenvalue weighted by Gasteiger charge is -2.26. The van der Waals surface area contributed by atoms with Crippen molar-refractivity contribution in [3.05, 3.63) is 56.1 Å². The third kappa shape index (κ3) is 2.94. The molecule has 1 aromatic heterocycles. The highest BCUT2D eigenvalue weighted by atomic mass is 32.1. The van der Waals surface area contributed by atoms with Gasteiger partial charge in [-0.05, 0) is 11.1 Å². The van der Waals surface area contributed by atoms with Gasteiger partial charge in [0.05, 0.1) is 0 Å². The number of rotatable bonds is 4. The molecule has 0 bridgehead atoms. The lowest BCUT2D eigenvalue weighted by Crippen LogP contribution is -2.34. The Morgan fingerprint density at radius 3 is 3.11 bits per heavy atom. The number of thiazole rings is 1. The van der Waals surface area contributed by atoms with Gasteiger partial charge in [0.2, 0.25) is 0 Å². The third-order valence-electron chi connectivity index (χ3n) is 3.48. The van der Waals surface area contributed by atoms with Crippen molar-refractivity contribution in [2.45, 2.75) is 19.0 Å². The van der Waals surface area contributed by atoms with Crippen LogP contribution in [0, 0.1) is 0 Å². The Hall–Kier alpha value is -1.43. The molecule has 0 spiro atoms. The van der Waals surface area contributed by atoms with Crippen LogP contribution in [0.2, 0.25) is 0 Å². The van der Waals surface area contributed by atoms with Crippen LogP contribution in [0.15, 0.2) is 34.4 Å². The molecule has 100 valence electrons. The lowest BCUT2D eigenvalue weighted by atomic mass is 9.91. The largest absolute Gasteiger partial charge is 0.315 e. The fourth-order valence-corrected chi connectivity index (χ4v) is 3.13. The van der Waals surface area contributed by atoms with Crippen molar-refractivity contribution in [1.82, 2.24) is 15.6 Å². The van der Waals surface area contributed by atoms with Crippen molar-refractivity contribution >= 4 is 11.3 Å². The molecule has 0 saturated carbocycles. The van der Waals surface area contributed by atoms with Crippen LogP contribution in [-0.2, 0) is 13.1 Å². The number of benzene rings is 1. The first-order chi connectivity index (χ1) is 9.33. The number of H-pyrrole nitrogens is 1. The van der Waals surface area contributed by atoms with Gasteiger partial charge in [0.1, 0.15) is 0 Å². The number of aromatic nitrogens is 1. The van der Waals surface area contributed by atoms with Gasteiger partial charge in [-0.1, -0.05) is 35.6 Å². The van der Waals surface area contributed by atoms with Gasteiger partial charge in [-0.2, -0.15) is 0 Å². The van der Waals surface area contributed by atoms with Crippen LogP contribution < -0.4 is 15.5 Å². The van der Waals surface area contributed by atoms with Gasteiger partial charge in [-0.25, -0.2) is 0 Å². The Balaban J connectivity index is 1.60. The van der Waals surface area contributed by atoms with E-state index < -0.39 is 0 Å². The summed E-state index contributed by atoms with van der Waals surface area (Å²) < 4.78 is 0. The van der Waals surface area contributed by atoms with E-state index in [1.54, 1.807) is 0 Å². The second-order valence-corrected chi connectivity index (χ2v) is 5.67. The summed E-state index contributed by atoms with van der Waals surface area (Å²) >= 11 is 1.22. The third-order valence-corrected chi connectivity index (χ3v) is 4.20. The highest BCUT2D eigenvalue weighted by Gasteiger charge is 2.18. The summed E-state index contributed by atoms with van der Waals surface area (Å²) in [7, 11) is 0. The minimum atomic E-state index is 0.0153. The van der Waals surface area contributed by atoms with Gasteiger partial charge in [0, 0.05) is 43.2 Å². The van der Waals surface area contributed by atoms with Crippen molar-refractivity contribution in [3.63, 3.8) is 0 Å². The van der Waals surface area contributed by atoms with E-state index >= 15 is 0 Å². The monoisotopic (exact) mass is 275 g/mol. The molecule has 0 amide bonds. The maximum atomic E-state index is 11.0. The minimum absolute atomic E-state index is 0.0153. The highest BCUT2D eigenvalue weighted by Crippen LogP contribution is 2.22. The van der Waals surface area contributed by atoms with Gasteiger partial charge in [-0.3, -0.25) is 4.79 Å². The molecule has 3 N–H and O–H groups in total. The molecule has 0 aliphatic carbocycles. The van der Waals surface area contributed by atoms with Crippen LogP contribution in [0.5, 0.6) is 0 Å². The van der Waals surface area contributed by atoms with Crippen molar-refractivity contribution in [2.75, 3.05) is 13.1 Å². The molecule has 0 saturated heterocycles. The summed E-state index contributed by atoms with van der Waals surface area (Å²) in [4.78, 5) is 13.9. The summed E-state index contributed by atoms with van der Waals surface area (Å²) in [5.41, 5.74) is 3.80. The van der Waals surface area contributed by atoms with E-state index in [1.165, 1.54) is 22.5 Å². The second-order valence-electron chi connectivity index (χ2n) is 4.83. The molecule has 1 aliphatic rings. The predicted molar refractivity (Wildman–Crippen MR) is 77.5 cm³/mol. The average Bonchev–Trinajstić information content (AvgIpc) is 2.85. The summed E-state index contributed by atoms with van der Waals surface area (Å²) in [5, 5.41) is 8.75. The van der Waals surface area contributed by atoms with Crippen molar-refractivity contribution < 1.29 is 0 Å². The SMILES string of the molecule is O=c1[nH]c(CNCC2CNCc3ccccc32)cs1. The highest BCUT2D eigenvalue weighted by molar-refractivity contribution is 7.07. The molecule has 2 aromatic rings. The first-order valence-corrected chi connectivity index (χ1v) is 7.37. The number of hydrogen-bond donors (Lipinski definition) is 3. The molecule has 5 heteroatoms. The predicted octanol–water partition coefficient (Wildman–Crippen LogP) is 1.41. The van der Waals surface area contributed by atoms with Crippen LogP contribution in [-0.4, -0.2) is 18.1 Å². The maximum absolute atomic E-state index is 11.0. The van der Waals surface area contributed by atoms with Crippen LogP contribution in [0.25, 0.3) is 0 Å². The quantitative estimate of drug-likeness (QED) is 0.791. The summed E-state index contributed by atoms with van der Waals surface area (Å²) in [6.07, 6.45) is 0. The normalized spacial score (nSPS) is 18.2. The first kappa shape index (κ1) is 12.6. The van der Waals surface area contributed by atoms with Crippen molar-refractivity contribution in [3.8, 4) is 0 Å². The Labute approximate surface area is 115 Å². The van der Waals surface area contributed by atoms with E-state index in [1.807, 2.05) is 5.38 Å². The van der Waals surface area contributed by atoms with Gasteiger partial charge < -0.3 is 15.6 Å². The van der Waals surface area contributed by atoms with Crippen LogP contribution >= 0.6 is 11.3 Å². The van der Waals surface area contributed by atoms with Crippen LogP contribution in [0.3, 0.4) is 0 Å². The molecule has 19 heavy (non-hydrogen) atoms. The smallest absolute Gasteiger partial charge is 0.304 e. The van der Waals surface area contributed by atoms with Crippen LogP contribution in [0.4, 0.5) is 0 Å². The molecule has 1 atom stereocenters. The van der Waals surface area contributed by atoms with Crippen molar-refractivity contribution in [1.29, 1.82) is 0 Å². The number of nitrogens with one attached hydrogen (secondary N) is 3. The number of aromatic amines is 1. The Bertz CT molecular complexity index is 604. The van der Waals surface area contributed by atoms with Crippen molar-refractivity contribution in [2.24, 2.45) is 0 Å². The molecular formula is C14H17N3OS. The molecule has 1 aliphatic heterocycles. The second kappa shape index (κ2) is 5.69. The lowest BCUT2D eigenvalue weighted by molar-refractivity contribution is 0.501. The molecule has 0 radical (unpaired) electrons. The van der Waals surface area contributed by atoms with E-state index in [0.29, 0.717) is 5.92 Å². The van der Waals surface area contributed by atoms with Gasteiger partial charge in [0.15, 0.2) is 0 Å². The standard InChI is InChI=1S/C14H17N3OS/c18-14-17-12(9-19-14)8-16-7-11-6-15-5-10-3-1-2-4-13(10)11/h1-4,9,11,15-16H,5-8H2,(H,17,18). The zero-order valence-electron chi connectivity index (χ0n) is 10.6. The zero-order chi connectivity index (χ0) is 13.1. The van der Waals surface area contributed by atoms with Gasteiger partial charge in [-0.15, -0.1) is 0 Å². The van der Waals surface area contributed by atoms with E-state index in [-0.39, 0.29) is 4.87 Å². The van der Waals surface area contributed by atoms with E-state index in [4.69, 9.17) is 0 Å². The summed E-state index contributed by atoms with van der Waals surface area (Å²) in [5.74, 6) is 0.496. The van der Waals surface area contributed by atoms with E-state index in [9.17, 15) is 4.79 Å². The molecule has 4 nitrogen and oxygen atoms in total. The molecular weight excluding hydrogens is 258 g/mol. The molecule has 1 unspecified atom stereocenters. The van der Waals surface area contributed by atoms with E-state index in [0.717, 1.165) is 31.9 Å². The average molecular weight is 275 g/mol. The molecule has 1 aromatic carbocycles. The fraction of sp³-hybridized carbons (Fsp3) is 0.357. The first-order valence-electron chi connectivity index (χ1n) is 6.49. The number of fused-ring (bicyclic) bond motifs is 1. The fourth-order valence-electron chi connectivity index (χ4n) is 2.55. The number of hydrogen-bond acceptors (Lipinski definition) is 4. The Morgan fingerprint density at radius 1 is 1.37 bits per heavy atom. The van der Waals surface area contributed by atoms with Gasteiger partial charge >= 0.3 is 4.87 Å². The minimum Gasteiger partial charge on any atom is -0.315 e. The molecule has 2 heterocycles. The summed E-state index contributed by atoms with van der Waals surface area (Å²) in [6, 6.07) is 8.60. The Morgan fingerprint density at radius 2 is 2.26 bits per heavy atom. The molecule has 3 rings (SSSR count).